The van der Waals surface area contributed by atoms with Gasteiger partial charge >= 0.3 is 0 Å². The summed E-state index contributed by atoms with van der Waals surface area (Å²) in [5.74, 6) is 0. The summed E-state index contributed by atoms with van der Waals surface area (Å²) in [6, 6.07) is 0. The number of nitrogens with one attached hydrogen (secondary N) is 1. The maximum Gasteiger partial charge on any atom is 0.293 e. The molecule has 0 aromatic carbocycles. The van der Waals surface area contributed by atoms with E-state index in [1.807, 2.05) is 6.92 Å². The zero-order valence-corrected chi connectivity index (χ0v) is 6.49. The van der Waals surface area contributed by atoms with Crippen molar-refractivity contribution in [1.29, 1.82) is 0 Å². The van der Waals surface area contributed by atoms with Crippen LogP contribution < -0.4 is 4.72 Å². The molecule has 1 fully saturated rings. The van der Waals surface area contributed by atoms with Crippen LogP contribution in [0.25, 0.3) is 0 Å². The number of rotatable bonds is 2. The van der Waals surface area contributed by atoms with Crippen LogP contribution in [0.5, 0.6) is 0 Å². The molecule has 0 spiro atoms. The van der Waals surface area contributed by atoms with Gasteiger partial charge in [-0.15, -0.1) is 4.72 Å². The highest BCUT2D eigenvalue weighted by atomic mass is 32.3. The van der Waals surface area contributed by atoms with Crippen molar-refractivity contribution in [2.24, 2.45) is 0 Å². The number of hydrogen-bond acceptors (Lipinski definition) is 1. The third kappa shape index (κ3) is 1.02. The minimum Gasteiger partial charge on any atom is -0.168 e. The second-order valence-corrected chi connectivity index (χ2v) is 5.13. The predicted molar refractivity (Wildman–Crippen MR) is 37.4 cm³/mol. The van der Waals surface area contributed by atoms with Crippen LogP contribution in [0.2, 0.25) is 0 Å². The fourth-order valence-electron chi connectivity index (χ4n) is 0.699. The Morgan fingerprint density at radius 3 is 2.22 bits per heavy atom. The Balaban J connectivity index is 2.70. The first-order valence-corrected chi connectivity index (χ1v) is 4.48. The van der Waals surface area contributed by atoms with E-state index in [4.69, 9.17) is 4.55 Å². The summed E-state index contributed by atoms with van der Waals surface area (Å²) < 4.78 is 22.3. The molecule has 4 heteroatoms. The van der Waals surface area contributed by atoms with Crippen LogP contribution in [0, 0.1) is 0 Å². The first-order chi connectivity index (χ1) is 4.02. The average Bonchev–Trinajstić information content (AvgIpc) is 2.49. The maximum atomic E-state index is 11.1. The molecule has 0 radical (unpaired) electrons. The highest BCUT2D eigenvalue weighted by Gasteiger charge is 2.59. The van der Waals surface area contributed by atoms with Gasteiger partial charge < -0.3 is 0 Å². The summed E-state index contributed by atoms with van der Waals surface area (Å²) in [6.45, 7) is 1.83. The summed E-state index contributed by atoms with van der Waals surface area (Å²) in [6.07, 6.45) is 1.73. The van der Waals surface area contributed by atoms with E-state index >= 15 is 0 Å². The SMILES string of the molecule is CN[S+](=O)(O)C1(C)CC1. The van der Waals surface area contributed by atoms with Crippen molar-refractivity contribution in [2.75, 3.05) is 7.05 Å². The van der Waals surface area contributed by atoms with E-state index in [2.05, 4.69) is 4.72 Å². The lowest BCUT2D eigenvalue weighted by atomic mass is 10.5. The van der Waals surface area contributed by atoms with Crippen molar-refractivity contribution >= 4 is 10.4 Å². The topological polar surface area (TPSA) is 49.3 Å². The third-order valence-corrected chi connectivity index (χ3v) is 4.20. The minimum absolute atomic E-state index is 0.332. The fourth-order valence-corrected chi connectivity index (χ4v) is 1.85. The minimum atomic E-state index is -2.72. The molecule has 0 aromatic rings. The second kappa shape index (κ2) is 1.78. The molecule has 1 atom stereocenters. The lowest BCUT2D eigenvalue weighted by molar-refractivity contribution is 0.474. The molecule has 3 nitrogen and oxygen atoms in total. The molecular formula is C5H12NO2S+. The van der Waals surface area contributed by atoms with Gasteiger partial charge in [0.2, 0.25) is 0 Å². The van der Waals surface area contributed by atoms with Crippen LogP contribution in [0.15, 0.2) is 0 Å². The molecule has 1 rings (SSSR count). The molecule has 0 amide bonds. The lowest BCUT2D eigenvalue weighted by Gasteiger charge is -2.06. The molecule has 54 valence electrons. The fraction of sp³-hybridized carbons (Fsp3) is 1.00. The van der Waals surface area contributed by atoms with E-state index in [0.717, 1.165) is 12.8 Å². The van der Waals surface area contributed by atoms with Crippen molar-refractivity contribution in [3.8, 4) is 0 Å². The summed E-state index contributed by atoms with van der Waals surface area (Å²) in [5.41, 5.74) is 0. The van der Waals surface area contributed by atoms with Crippen LogP contribution in [0.3, 0.4) is 0 Å². The van der Waals surface area contributed by atoms with E-state index < -0.39 is 10.4 Å². The van der Waals surface area contributed by atoms with E-state index in [9.17, 15) is 4.21 Å². The zero-order chi connectivity index (χ0) is 7.12. The van der Waals surface area contributed by atoms with Crippen molar-refractivity contribution in [2.45, 2.75) is 24.5 Å². The molecule has 1 saturated carbocycles. The molecule has 1 aliphatic carbocycles. The van der Waals surface area contributed by atoms with Gasteiger partial charge in [-0.3, -0.25) is 0 Å². The van der Waals surface area contributed by atoms with E-state index in [1.54, 1.807) is 0 Å². The van der Waals surface area contributed by atoms with Gasteiger partial charge in [0, 0.05) is 19.9 Å². The van der Waals surface area contributed by atoms with Gasteiger partial charge in [0.1, 0.15) is 0 Å². The molecular weight excluding hydrogens is 138 g/mol. The molecule has 9 heavy (non-hydrogen) atoms. The van der Waals surface area contributed by atoms with Gasteiger partial charge in [-0.2, -0.15) is 4.55 Å². The quantitative estimate of drug-likeness (QED) is 0.568. The van der Waals surface area contributed by atoms with Crippen molar-refractivity contribution in [1.82, 2.24) is 4.72 Å². The predicted octanol–water partition coefficient (Wildman–Crippen LogP) is 0.646. The molecule has 0 heterocycles. The highest BCUT2D eigenvalue weighted by molar-refractivity contribution is 7.97. The monoisotopic (exact) mass is 150 g/mol. The Bertz CT molecular complexity index is 164. The third-order valence-electron chi connectivity index (χ3n) is 1.90. The first kappa shape index (κ1) is 7.18. The summed E-state index contributed by atoms with van der Waals surface area (Å²) in [4.78, 5) is 0. The van der Waals surface area contributed by atoms with Gasteiger partial charge in [0.25, 0.3) is 10.4 Å². The van der Waals surface area contributed by atoms with Crippen LogP contribution in [-0.4, -0.2) is 16.3 Å². The standard InChI is InChI=1S/C5H11NO2S/c1-5(3-4-5)9(7,8)6-2/h3-4H2,1-2H3,(H-,6,7,8)/p+1. The van der Waals surface area contributed by atoms with Crippen molar-refractivity contribution in [3.63, 3.8) is 0 Å². The molecule has 1 unspecified atom stereocenters. The largest absolute Gasteiger partial charge is 0.293 e. The van der Waals surface area contributed by atoms with Crippen molar-refractivity contribution in [3.05, 3.63) is 0 Å². The van der Waals surface area contributed by atoms with Gasteiger partial charge in [-0.1, -0.05) is 0 Å². The van der Waals surface area contributed by atoms with Gasteiger partial charge in [-0.05, 0) is 11.1 Å². The van der Waals surface area contributed by atoms with E-state index in [-0.39, 0.29) is 4.75 Å². The Kier molecular flexibility index (Phi) is 1.42. The van der Waals surface area contributed by atoms with Gasteiger partial charge in [0.15, 0.2) is 4.75 Å². The Labute approximate surface area is 56.2 Å². The average molecular weight is 150 g/mol. The van der Waals surface area contributed by atoms with Gasteiger partial charge in [0.05, 0.1) is 0 Å². The Hall–Kier alpha value is 0.0700. The van der Waals surface area contributed by atoms with E-state index in [1.165, 1.54) is 7.05 Å². The summed E-state index contributed by atoms with van der Waals surface area (Å²) in [7, 11) is -1.20. The maximum absolute atomic E-state index is 11.1. The zero-order valence-electron chi connectivity index (χ0n) is 5.68. The number of hydrogen-bond donors (Lipinski definition) is 2. The molecule has 0 aromatic heterocycles. The van der Waals surface area contributed by atoms with Crippen molar-refractivity contribution < 1.29 is 8.76 Å². The highest BCUT2D eigenvalue weighted by Crippen LogP contribution is 2.44. The molecule has 2 N–H and O–H groups in total. The van der Waals surface area contributed by atoms with Crippen LogP contribution in [-0.2, 0) is 14.6 Å². The molecule has 0 aliphatic heterocycles. The van der Waals surface area contributed by atoms with Crippen LogP contribution in [0.4, 0.5) is 0 Å². The smallest absolute Gasteiger partial charge is 0.168 e. The molecule has 1 aliphatic rings. The normalized spacial score (nSPS) is 29.2. The van der Waals surface area contributed by atoms with Gasteiger partial charge in [-0.25, -0.2) is 0 Å². The van der Waals surface area contributed by atoms with Crippen LogP contribution >= 0.6 is 0 Å². The second-order valence-electron chi connectivity index (χ2n) is 2.68. The van der Waals surface area contributed by atoms with E-state index in [0.29, 0.717) is 0 Å². The summed E-state index contributed by atoms with van der Waals surface area (Å²) >= 11 is 0. The van der Waals surface area contributed by atoms with Crippen LogP contribution in [0.1, 0.15) is 19.8 Å². The molecule has 0 bridgehead atoms. The Morgan fingerprint density at radius 2 is 2.11 bits per heavy atom. The lowest BCUT2D eigenvalue weighted by Crippen LogP contribution is -2.37. The molecule has 0 saturated heterocycles. The Morgan fingerprint density at radius 1 is 1.67 bits per heavy atom. The first-order valence-electron chi connectivity index (χ1n) is 2.96. The summed E-state index contributed by atoms with van der Waals surface area (Å²) in [5, 5.41) is 0.